The number of carbonyl (C=O) groups is 2. The smallest absolute Gasteiger partial charge is 0.457 e. The molecule has 16 heteroatoms. The van der Waals surface area contributed by atoms with Gasteiger partial charge in [0, 0.05) is 30.6 Å². The molecule has 0 spiro atoms. The Morgan fingerprint density at radius 2 is 1.84 bits per heavy atom. The van der Waals surface area contributed by atoms with Crippen molar-refractivity contribution in [3.8, 4) is 0 Å². The van der Waals surface area contributed by atoms with Crippen LogP contribution in [0.4, 0.5) is 4.79 Å². The predicted octanol–water partition coefficient (Wildman–Crippen LogP) is 2.67. The molecule has 0 aromatic carbocycles. The molecule has 3 atom stereocenters. The van der Waals surface area contributed by atoms with Gasteiger partial charge in [-0.2, -0.15) is 17.4 Å². The van der Waals surface area contributed by atoms with Gasteiger partial charge in [-0.15, -0.1) is 0 Å². The van der Waals surface area contributed by atoms with Gasteiger partial charge in [0.25, 0.3) is 10.2 Å². The molecule has 0 aromatic heterocycles. The lowest BCUT2D eigenvalue weighted by Gasteiger charge is -2.32. The number of azide groups is 1. The molecule has 0 aliphatic carbocycles. The van der Waals surface area contributed by atoms with E-state index in [0.717, 1.165) is 4.31 Å². The number of carbonyl (C=O) groups excluding carboxylic acids is 1. The summed E-state index contributed by atoms with van der Waals surface area (Å²) in [5.41, 5.74) is 5.45. The van der Waals surface area contributed by atoms with Gasteiger partial charge in [-0.05, 0) is 79.6 Å². The zero-order valence-electron chi connectivity index (χ0n) is 23.5. The van der Waals surface area contributed by atoms with Crippen LogP contribution in [0.15, 0.2) is 5.11 Å². The third-order valence-corrected chi connectivity index (χ3v) is 8.70. The van der Waals surface area contributed by atoms with Crippen LogP contribution in [-0.2, 0) is 29.0 Å². The van der Waals surface area contributed by atoms with E-state index in [9.17, 15) is 23.1 Å². The molecule has 2 saturated heterocycles. The van der Waals surface area contributed by atoms with Crippen LogP contribution < -0.4 is 10.0 Å². The summed E-state index contributed by atoms with van der Waals surface area (Å²) in [5, 5.41) is 16.1. The lowest BCUT2D eigenvalue weighted by atomic mass is 9.78. The highest BCUT2D eigenvalue weighted by molar-refractivity contribution is 7.87. The molecule has 0 aromatic rings. The van der Waals surface area contributed by atoms with E-state index in [4.69, 9.17) is 19.6 Å². The molecular formula is C22H41BN6O8S. The standard InChI is InChI=1S/C22H41BN6O8S/c1-15(12-25-18(32)35-19(2,3)4)26-38(33,34)29-13-16(22(14-29,17(30)31)27-28-24)10-9-11-23-36-20(5,6)21(7,8)37-23/h15-16,26H,9-14H2,1-8H3,(H,25,32)(H,30,31)/t15-,16+,22+/m1/s1. The van der Waals surface area contributed by atoms with Crippen LogP contribution in [0.2, 0.25) is 6.32 Å². The SMILES string of the molecule is C[C@H](CNC(=O)OC(C)(C)C)NS(=O)(=O)N1C[C@H](CCCB2OC(C)(C)C(C)(C)O2)[C@](N=[N+]=[N-])(C(=O)O)C1. The summed E-state index contributed by atoms with van der Waals surface area (Å²) in [7, 11) is -4.66. The highest BCUT2D eigenvalue weighted by Gasteiger charge is 2.55. The predicted molar refractivity (Wildman–Crippen MR) is 140 cm³/mol. The molecule has 3 N–H and O–H groups in total. The molecule has 2 fully saturated rings. The minimum atomic E-state index is -4.17. The maximum Gasteiger partial charge on any atom is 0.457 e. The first-order chi connectivity index (χ1) is 17.2. The van der Waals surface area contributed by atoms with E-state index in [2.05, 4.69) is 20.1 Å². The first-order valence-corrected chi connectivity index (χ1v) is 14.1. The summed E-state index contributed by atoms with van der Waals surface area (Å²) in [4.78, 5) is 26.9. The summed E-state index contributed by atoms with van der Waals surface area (Å²) in [6.07, 6.45) is 0.514. The number of nitrogens with one attached hydrogen (secondary N) is 2. The Morgan fingerprint density at radius 1 is 1.26 bits per heavy atom. The van der Waals surface area contributed by atoms with Crippen molar-refractivity contribution in [2.75, 3.05) is 19.6 Å². The Labute approximate surface area is 225 Å². The van der Waals surface area contributed by atoms with Crippen molar-refractivity contribution >= 4 is 29.4 Å². The first kappa shape index (κ1) is 32.1. The van der Waals surface area contributed by atoms with Crippen molar-refractivity contribution < 1.29 is 37.2 Å². The lowest BCUT2D eigenvalue weighted by Crippen LogP contribution is -2.49. The molecule has 0 radical (unpaired) electrons. The fourth-order valence-corrected chi connectivity index (χ4v) is 5.87. The molecule has 216 valence electrons. The van der Waals surface area contributed by atoms with Gasteiger partial charge in [-0.1, -0.05) is 11.5 Å². The molecule has 2 rings (SSSR count). The molecule has 1 amide bonds. The van der Waals surface area contributed by atoms with E-state index < -0.39 is 70.2 Å². The highest BCUT2D eigenvalue weighted by Crippen LogP contribution is 2.40. The fourth-order valence-electron chi connectivity index (χ4n) is 4.39. The van der Waals surface area contributed by atoms with E-state index in [1.54, 1.807) is 27.7 Å². The molecule has 0 saturated carbocycles. The molecule has 0 unspecified atom stereocenters. The largest absolute Gasteiger partial charge is 0.481 e. The van der Waals surface area contributed by atoms with Crippen LogP contribution in [0.25, 0.3) is 10.4 Å². The lowest BCUT2D eigenvalue weighted by molar-refractivity contribution is -0.144. The van der Waals surface area contributed by atoms with Gasteiger partial charge in [-0.25, -0.2) is 4.79 Å². The minimum absolute atomic E-state index is 0.0556. The number of ether oxygens (including phenoxy) is 1. The zero-order chi connectivity index (χ0) is 29.2. The number of alkyl carbamates (subject to hydrolysis) is 1. The zero-order valence-corrected chi connectivity index (χ0v) is 24.3. The molecule has 2 aliphatic rings. The molecular weight excluding hydrogens is 519 g/mol. The molecule has 38 heavy (non-hydrogen) atoms. The fraction of sp³-hybridized carbons (Fsp3) is 0.909. The molecule has 2 heterocycles. The molecule has 14 nitrogen and oxygen atoms in total. The second-order valence-electron chi connectivity index (χ2n) is 11.9. The number of nitrogens with zero attached hydrogens (tertiary/aromatic N) is 4. The number of hydrogen-bond acceptors (Lipinski definition) is 8. The summed E-state index contributed by atoms with van der Waals surface area (Å²) in [6.45, 7) is 13.7. The van der Waals surface area contributed by atoms with E-state index in [0.29, 0.717) is 12.7 Å². The highest BCUT2D eigenvalue weighted by atomic mass is 32.2. The quantitative estimate of drug-likeness (QED) is 0.149. The van der Waals surface area contributed by atoms with Gasteiger partial charge in [0.2, 0.25) is 0 Å². The van der Waals surface area contributed by atoms with Crippen LogP contribution in [0.5, 0.6) is 0 Å². The summed E-state index contributed by atoms with van der Waals surface area (Å²) >= 11 is 0. The van der Waals surface area contributed by atoms with Gasteiger partial charge in [0.05, 0.1) is 11.2 Å². The van der Waals surface area contributed by atoms with Gasteiger partial charge < -0.3 is 24.5 Å². The Balaban J connectivity index is 2.06. The maximum atomic E-state index is 13.1. The second-order valence-corrected chi connectivity index (χ2v) is 13.6. The van der Waals surface area contributed by atoms with E-state index in [1.807, 2.05) is 27.7 Å². The van der Waals surface area contributed by atoms with E-state index in [-0.39, 0.29) is 19.5 Å². The van der Waals surface area contributed by atoms with Crippen LogP contribution in [0, 0.1) is 5.92 Å². The molecule has 2 aliphatic heterocycles. The normalized spacial score (nSPS) is 26.0. The van der Waals surface area contributed by atoms with Crippen molar-refractivity contribution in [1.82, 2.24) is 14.3 Å². The number of carboxylic acids is 1. The number of aliphatic carboxylic acids is 1. The Hall–Kier alpha value is -2.10. The number of hydrogen-bond donors (Lipinski definition) is 3. The van der Waals surface area contributed by atoms with Crippen LogP contribution in [0.1, 0.15) is 68.2 Å². The van der Waals surface area contributed by atoms with E-state index in [1.165, 1.54) is 0 Å². The Morgan fingerprint density at radius 3 is 2.34 bits per heavy atom. The number of carboxylic acid groups (broad SMARTS) is 1. The van der Waals surface area contributed by atoms with Crippen molar-refractivity contribution in [3.05, 3.63) is 10.4 Å². The van der Waals surface area contributed by atoms with Crippen LogP contribution in [-0.4, -0.2) is 85.0 Å². The summed E-state index contributed by atoms with van der Waals surface area (Å²) in [6, 6.07) is -0.728. The Bertz CT molecular complexity index is 1020. The van der Waals surface area contributed by atoms with Crippen molar-refractivity contribution in [1.29, 1.82) is 0 Å². The van der Waals surface area contributed by atoms with Crippen molar-refractivity contribution in [3.63, 3.8) is 0 Å². The monoisotopic (exact) mass is 560 g/mol. The van der Waals surface area contributed by atoms with Gasteiger partial charge in [0.15, 0.2) is 5.54 Å². The van der Waals surface area contributed by atoms with Crippen molar-refractivity contribution in [2.45, 2.75) is 103 Å². The average molecular weight is 560 g/mol. The number of rotatable bonds is 11. The van der Waals surface area contributed by atoms with Gasteiger partial charge >= 0.3 is 19.2 Å². The van der Waals surface area contributed by atoms with E-state index >= 15 is 0 Å². The molecule has 0 bridgehead atoms. The third-order valence-electron chi connectivity index (χ3n) is 7.05. The van der Waals surface area contributed by atoms with Crippen molar-refractivity contribution in [2.24, 2.45) is 11.0 Å². The second kappa shape index (κ2) is 11.6. The topological polar surface area (TPSA) is 192 Å². The maximum absolute atomic E-state index is 13.1. The van der Waals surface area contributed by atoms with Crippen LogP contribution >= 0.6 is 0 Å². The van der Waals surface area contributed by atoms with Gasteiger partial charge in [0.1, 0.15) is 5.60 Å². The minimum Gasteiger partial charge on any atom is -0.481 e. The summed E-state index contributed by atoms with van der Waals surface area (Å²) in [5.74, 6) is -2.17. The van der Waals surface area contributed by atoms with Crippen LogP contribution in [0.3, 0.4) is 0 Å². The summed E-state index contributed by atoms with van der Waals surface area (Å²) < 4.78 is 46.7. The van der Waals surface area contributed by atoms with Gasteiger partial charge in [-0.3, -0.25) is 4.79 Å². The Kier molecular flexibility index (Phi) is 9.77. The first-order valence-electron chi connectivity index (χ1n) is 12.6. The average Bonchev–Trinajstić information content (AvgIpc) is 3.20. The third kappa shape index (κ3) is 7.73. The number of amides is 1.